The van der Waals surface area contributed by atoms with Crippen molar-refractivity contribution in [2.45, 2.75) is 25.3 Å². The Morgan fingerprint density at radius 3 is 2.88 bits per heavy atom. The largest absolute Gasteiger partial charge is 0.358 e. The van der Waals surface area contributed by atoms with Crippen LogP contribution in [0.5, 0.6) is 0 Å². The Kier molecular flexibility index (Phi) is 3.93. The van der Waals surface area contributed by atoms with Gasteiger partial charge in [-0.05, 0) is 49.1 Å². The SMILES string of the molecule is CN(C(=O)c1cccc(Br)c1)C1CCc2[nH]c3ccccc3c2C1. The Hall–Kier alpha value is -2.07. The smallest absolute Gasteiger partial charge is 0.253 e. The fraction of sp³-hybridized carbons (Fsp3) is 0.250. The van der Waals surface area contributed by atoms with E-state index < -0.39 is 0 Å². The van der Waals surface area contributed by atoms with Gasteiger partial charge in [0.1, 0.15) is 0 Å². The van der Waals surface area contributed by atoms with Gasteiger partial charge in [0, 0.05) is 39.7 Å². The van der Waals surface area contributed by atoms with E-state index in [2.05, 4.69) is 45.2 Å². The van der Waals surface area contributed by atoms with Crippen molar-refractivity contribution in [2.24, 2.45) is 0 Å². The Bertz CT molecular complexity index is 915. The first kappa shape index (κ1) is 15.5. The number of nitrogens with zero attached hydrogens (tertiary/aromatic N) is 1. The number of carbonyl (C=O) groups is 1. The van der Waals surface area contributed by atoms with E-state index in [1.807, 2.05) is 36.2 Å². The Morgan fingerprint density at radius 2 is 2.04 bits per heavy atom. The van der Waals surface area contributed by atoms with E-state index in [4.69, 9.17) is 0 Å². The van der Waals surface area contributed by atoms with Gasteiger partial charge in [-0.25, -0.2) is 0 Å². The van der Waals surface area contributed by atoms with Crippen LogP contribution in [0.1, 0.15) is 28.0 Å². The molecule has 1 aliphatic rings. The molecular formula is C20H19BrN2O. The zero-order chi connectivity index (χ0) is 16.7. The normalized spacial score (nSPS) is 16.8. The van der Waals surface area contributed by atoms with Crippen molar-refractivity contribution in [3.05, 3.63) is 69.8 Å². The summed E-state index contributed by atoms with van der Waals surface area (Å²) in [4.78, 5) is 18.3. The second kappa shape index (κ2) is 6.10. The number of para-hydroxylation sites is 1. The number of halogens is 1. The van der Waals surface area contributed by atoms with Crippen LogP contribution < -0.4 is 0 Å². The number of likely N-dealkylation sites (N-methyl/N-ethyl adjacent to an activating group) is 1. The molecule has 1 amide bonds. The first-order valence-corrected chi connectivity index (χ1v) is 9.04. The summed E-state index contributed by atoms with van der Waals surface area (Å²) in [5.74, 6) is 0.0876. The number of benzene rings is 2. The zero-order valence-corrected chi connectivity index (χ0v) is 15.1. The number of aromatic amines is 1. The first-order chi connectivity index (χ1) is 11.6. The van der Waals surface area contributed by atoms with E-state index in [0.717, 1.165) is 29.3 Å². The maximum atomic E-state index is 12.8. The summed E-state index contributed by atoms with van der Waals surface area (Å²) in [6.07, 6.45) is 2.90. The summed E-state index contributed by atoms with van der Waals surface area (Å²) in [7, 11) is 1.92. The molecule has 3 nitrogen and oxygen atoms in total. The summed E-state index contributed by atoms with van der Waals surface area (Å²) < 4.78 is 0.935. The van der Waals surface area contributed by atoms with Crippen molar-refractivity contribution in [2.75, 3.05) is 7.05 Å². The quantitative estimate of drug-likeness (QED) is 0.692. The number of H-pyrrole nitrogens is 1. The average Bonchev–Trinajstić information content (AvgIpc) is 2.98. The highest BCUT2D eigenvalue weighted by Gasteiger charge is 2.28. The van der Waals surface area contributed by atoms with Crippen LogP contribution in [0.3, 0.4) is 0 Å². The maximum Gasteiger partial charge on any atom is 0.253 e. The lowest BCUT2D eigenvalue weighted by molar-refractivity contribution is 0.0719. The molecule has 122 valence electrons. The highest BCUT2D eigenvalue weighted by atomic mass is 79.9. The third kappa shape index (κ3) is 2.65. The van der Waals surface area contributed by atoms with E-state index in [9.17, 15) is 4.79 Å². The van der Waals surface area contributed by atoms with Crippen LogP contribution in [0.2, 0.25) is 0 Å². The van der Waals surface area contributed by atoms with Crippen molar-refractivity contribution in [1.82, 2.24) is 9.88 Å². The summed E-state index contributed by atoms with van der Waals surface area (Å²) in [6.45, 7) is 0. The maximum absolute atomic E-state index is 12.8. The highest BCUT2D eigenvalue weighted by molar-refractivity contribution is 9.10. The molecule has 0 spiro atoms. The summed E-state index contributed by atoms with van der Waals surface area (Å²) in [5, 5.41) is 1.29. The van der Waals surface area contributed by atoms with Gasteiger partial charge in [-0.1, -0.05) is 40.2 Å². The molecule has 1 aromatic heterocycles. The van der Waals surface area contributed by atoms with Crippen LogP contribution in [0.25, 0.3) is 10.9 Å². The molecule has 1 heterocycles. The van der Waals surface area contributed by atoms with E-state index in [1.54, 1.807) is 0 Å². The molecule has 3 aromatic rings. The molecule has 0 aliphatic heterocycles. The van der Waals surface area contributed by atoms with Crippen LogP contribution in [-0.2, 0) is 12.8 Å². The number of hydrogen-bond acceptors (Lipinski definition) is 1. The zero-order valence-electron chi connectivity index (χ0n) is 13.6. The van der Waals surface area contributed by atoms with Crippen molar-refractivity contribution in [3.8, 4) is 0 Å². The Morgan fingerprint density at radius 1 is 1.21 bits per heavy atom. The van der Waals surface area contributed by atoms with E-state index in [0.29, 0.717) is 0 Å². The lowest BCUT2D eigenvalue weighted by Gasteiger charge is -2.31. The van der Waals surface area contributed by atoms with Crippen LogP contribution in [0, 0.1) is 0 Å². The number of fused-ring (bicyclic) bond motifs is 3. The summed E-state index contributed by atoms with van der Waals surface area (Å²) in [6, 6.07) is 16.3. The molecule has 2 aromatic carbocycles. The number of nitrogens with one attached hydrogen (secondary N) is 1. The van der Waals surface area contributed by atoms with Crippen LogP contribution in [-0.4, -0.2) is 28.9 Å². The van der Waals surface area contributed by atoms with Crippen molar-refractivity contribution >= 4 is 32.7 Å². The van der Waals surface area contributed by atoms with Gasteiger partial charge in [-0.3, -0.25) is 4.79 Å². The van der Waals surface area contributed by atoms with Crippen LogP contribution >= 0.6 is 15.9 Å². The minimum absolute atomic E-state index is 0.0876. The van der Waals surface area contributed by atoms with Gasteiger partial charge >= 0.3 is 0 Å². The number of carbonyl (C=O) groups excluding carboxylic acids is 1. The number of aryl methyl sites for hydroxylation is 1. The number of hydrogen-bond donors (Lipinski definition) is 1. The molecule has 0 saturated carbocycles. The Labute approximate surface area is 149 Å². The molecule has 0 bridgehead atoms. The third-order valence-electron chi connectivity index (χ3n) is 5.01. The minimum Gasteiger partial charge on any atom is -0.358 e. The molecule has 24 heavy (non-hydrogen) atoms. The van der Waals surface area contributed by atoms with Gasteiger partial charge in [-0.15, -0.1) is 0 Å². The molecule has 4 heteroatoms. The predicted octanol–water partition coefficient (Wildman–Crippen LogP) is 4.56. The van der Waals surface area contributed by atoms with Gasteiger partial charge in [0.25, 0.3) is 5.91 Å². The minimum atomic E-state index is 0.0876. The van der Waals surface area contributed by atoms with Gasteiger partial charge in [0.15, 0.2) is 0 Å². The topological polar surface area (TPSA) is 36.1 Å². The standard InChI is InChI=1S/C20H19BrN2O/c1-23(20(24)13-5-4-6-14(21)11-13)15-9-10-19-17(12-15)16-7-2-3-8-18(16)22-19/h2-8,11,15,22H,9-10,12H2,1H3. The van der Waals surface area contributed by atoms with Crippen molar-refractivity contribution in [3.63, 3.8) is 0 Å². The molecule has 0 radical (unpaired) electrons. The monoisotopic (exact) mass is 382 g/mol. The third-order valence-corrected chi connectivity index (χ3v) is 5.50. The van der Waals surface area contributed by atoms with Crippen molar-refractivity contribution < 1.29 is 4.79 Å². The number of rotatable bonds is 2. The van der Waals surface area contributed by atoms with Gasteiger partial charge in [0.2, 0.25) is 0 Å². The van der Waals surface area contributed by atoms with E-state index in [1.165, 1.54) is 22.2 Å². The van der Waals surface area contributed by atoms with E-state index in [-0.39, 0.29) is 11.9 Å². The highest BCUT2D eigenvalue weighted by Crippen LogP contribution is 2.31. The van der Waals surface area contributed by atoms with Crippen LogP contribution in [0.15, 0.2) is 53.0 Å². The second-order valence-corrected chi connectivity index (χ2v) is 7.37. The molecule has 1 aliphatic carbocycles. The van der Waals surface area contributed by atoms with Gasteiger partial charge in [-0.2, -0.15) is 0 Å². The molecule has 0 fully saturated rings. The van der Waals surface area contributed by atoms with E-state index >= 15 is 0 Å². The lowest BCUT2D eigenvalue weighted by atomic mass is 9.90. The summed E-state index contributed by atoms with van der Waals surface area (Å²) >= 11 is 3.44. The predicted molar refractivity (Wildman–Crippen MR) is 100 cm³/mol. The molecule has 1 unspecified atom stereocenters. The Balaban J connectivity index is 1.60. The summed E-state index contributed by atoms with van der Waals surface area (Å²) in [5.41, 5.74) is 4.63. The lowest BCUT2D eigenvalue weighted by Crippen LogP contribution is -2.40. The van der Waals surface area contributed by atoms with Gasteiger partial charge in [0.05, 0.1) is 0 Å². The first-order valence-electron chi connectivity index (χ1n) is 8.24. The molecular weight excluding hydrogens is 364 g/mol. The number of aromatic nitrogens is 1. The number of amides is 1. The second-order valence-electron chi connectivity index (χ2n) is 6.45. The average molecular weight is 383 g/mol. The van der Waals surface area contributed by atoms with Gasteiger partial charge < -0.3 is 9.88 Å². The molecule has 4 rings (SSSR count). The van der Waals surface area contributed by atoms with Crippen molar-refractivity contribution in [1.29, 1.82) is 0 Å². The molecule has 1 atom stereocenters. The fourth-order valence-electron chi connectivity index (χ4n) is 3.67. The fourth-order valence-corrected chi connectivity index (χ4v) is 4.07. The molecule has 1 N–H and O–H groups in total. The van der Waals surface area contributed by atoms with Crippen LogP contribution in [0.4, 0.5) is 0 Å². The molecule has 0 saturated heterocycles.